The van der Waals surface area contributed by atoms with Crippen LogP contribution in [0.15, 0.2) is 53.7 Å². The predicted octanol–water partition coefficient (Wildman–Crippen LogP) is 4.34. The highest BCUT2D eigenvalue weighted by molar-refractivity contribution is 8.00. The first-order chi connectivity index (χ1) is 10.2. The van der Waals surface area contributed by atoms with Gasteiger partial charge in [-0.1, -0.05) is 41.6 Å². The van der Waals surface area contributed by atoms with E-state index in [1.165, 1.54) is 17.3 Å². The zero-order valence-electron chi connectivity index (χ0n) is 11.9. The molecular weight excluding hydrogens is 278 g/mol. The van der Waals surface area contributed by atoms with Gasteiger partial charge in [-0.25, -0.2) is 4.98 Å². The van der Waals surface area contributed by atoms with E-state index in [1.54, 1.807) is 0 Å². The lowest BCUT2D eigenvalue weighted by Gasteiger charge is -2.10. The number of aromatic nitrogens is 2. The highest BCUT2D eigenvalue weighted by atomic mass is 32.2. The number of fused-ring (bicyclic) bond motifs is 1. The molecule has 0 N–H and O–H groups in total. The number of nitrogens with zero attached hydrogens (tertiary/aromatic N) is 3. The highest BCUT2D eigenvalue weighted by Gasteiger charge is 2.15. The number of rotatable bonds is 3. The second kappa shape index (κ2) is 5.63. The van der Waals surface area contributed by atoms with Gasteiger partial charge in [0.15, 0.2) is 5.16 Å². The van der Waals surface area contributed by atoms with Crippen LogP contribution in [0.5, 0.6) is 0 Å². The molecule has 1 aromatic heterocycles. The smallest absolute Gasteiger partial charge is 0.174 e. The Hall–Kier alpha value is -2.25. The van der Waals surface area contributed by atoms with Gasteiger partial charge in [0.25, 0.3) is 0 Å². The highest BCUT2D eigenvalue weighted by Crippen LogP contribution is 2.30. The zero-order valence-corrected chi connectivity index (χ0v) is 12.8. The first kappa shape index (κ1) is 13.7. The van der Waals surface area contributed by atoms with Crippen molar-refractivity contribution in [2.24, 2.45) is 0 Å². The van der Waals surface area contributed by atoms with Crippen molar-refractivity contribution in [1.29, 1.82) is 5.26 Å². The van der Waals surface area contributed by atoms with E-state index in [1.807, 2.05) is 25.1 Å². The average molecular weight is 293 g/mol. The zero-order chi connectivity index (χ0) is 14.8. The minimum atomic E-state index is -0.133. The van der Waals surface area contributed by atoms with E-state index >= 15 is 0 Å². The van der Waals surface area contributed by atoms with E-state index in [4.69, 9.17) is 5.26 Å². The summed E-state index contributed by atoms with van der Waals surface area (Å²) in [4.78, 5) is 4.67. The minimum absolute atomic E-state index is 0.133. The molecule has 0 unspecified atom stereocenters. The summed E-state index contributed by atoms with van der Waals surface area (Å²) in [5, 5.41) is 9.78. The molecular formula is C17H15N3S. The summed E-state index contributed by atoms with van der Waals surface area (Å²) in [6.45, 7) is 3.96. The molecule has 0 bridgehead atoms. The number of imidazole rings is 1. The van der Waals surface area contributed by atoms with Crippen molar-refractivity contribution in [2.45, 2.75) is 24.3 Å². The molecule has 0 saturated heterocycles. The summed E-state index contributed by atoms with van der Waals surface area (Å²) in [5.41, 5.74) is 4.31. The summed E-state index contributed by atoms with van der Waals surface area (Å²) < 4.78 is 2.12. The van der Waals surface area contributed by atoms with E-state index in [-0.39, 0.29) is 5.25 Å². The molecule has 104 valence electrons. The molecule has 4 heteroatoms. The van der Waals surface area contributed by atoms with Crippen molar-refractivity contribution in [2.75, 3.05) is 0 Å². The van der Waals surface area contributed by atoms with Crippen molar-refractivity contribution in [3.05, 3.63) is 54.1 Å². The molecule has 3 aromatic rings. The predicted molar refractivity (Wildman–Crippen MR) is 86.7 cm³/mol. The van der Waals surface area contributed by atoms with Gasteiger partial charge in [-0.15, -0.1) is 0 Å². The molecule has 2 aromatic carbocycles. The Labute approximate surface area is 128 Å². The average Bonchev–Trinajstić information content (AvgIpc) is 2.86. The fourth-order valence-corrected chi connectivity index (χ4v) is 3.04. The molecule has 1 atom stereocenters. The minimum Gasteiger partial charge on any atom is -0.287 e. The maximum atomic E-state index is 9.06. The van der Waals surface area contributed by atoms with Gasteiger partial charge in [0.1, 0.15) is 0 Å². The molecule has 1 heterocycles. The molecule has 3 nitrogen and oxygen atoms in total. The van der Waals surface area contributed by atoms with Crippen LogP contribution in [-0.2, 0) is 0 Å². The first-order valence-corrected chi connectivity index (χ1v) is 7.68. The van der Waals surface area contributed by atoms with E-state index in [0.29, 0.717) is 0 Å². The summed E-state index contributed by atoms with van der Waals surface area (Å²) >= 11 is 1.49. The Morgan fingerprint density at radius 3 is 2.57 bits per heavy atom. The lowest BCUT2D eigenvalue weighted by molar-refractivity contribution is 0.915. The maximum absolute atomic E-state index is 9.06. The maximum Gasteiger partial charge on any atom is 0.174 e. The second-order valence-corrected chi connectivity index (χ2v) is 6.25. The number of nitriles is 1. The third-order valence-electron chi connectivity index (χ3n) is 3.29. The Balaban J connectivity index is 2.20. The van der Waals surface area contributed by atoms with Crippen LogP contribution >= 0.6 is 11.8 Å². The topological polar surface area (TPSA) is 41.6 Å². The number of aryl methyl sites for hydroxylation is 1. The summed E-state index contributed by atoms with van der Waals surface area (Å²) in [7, 11) is 0. The Morgan fingerprint density at radius 1 is 1.14 bits per heavy atom. The van der Waals surface area contributed by atoms with Crippen LogP contribution < -0.4 is 0 Å². The summed E-state index contributed by atoms with van der Waals surface area (Å²) in [6, 6.07) is 18.7. The van der Waals surface area contributed by atoms with Crippen LogP contribution in [-0.4, -0.2) is 14.8 Å². The van der Waals surface area contributed by atoms with Gasteiger partial charge >= 0.3 is 0 Å². The molecule has 0 radical (unpaired) electrons. The Bertz CT molecular complexity index is 812. The van der Waals surface area contributed by atoms with Crippen molar-refractivity contribution in [3.63, 3.8) is 0 Å². The quantitative estimate of drug-likeness (QED) is 0.675. The van der Waals surface area contributed by atoms with Gasteiger partial charge in [-0.2, -0.15) is 5.26 Å². The number of para-hydroxylation sites is 2. The first-order valence-electron chi connectivity index (χ1n) is 6.80. The third kappa shape index (κ3) is 2.65. The number of hydrogen-bond donors (Lipinski definition) is 0. The van der Waals surface area contributed by atoms with E-state index in [2.05, 4.69) is 52.9 Å². The van der Waals surface area contributed by atoms with Crippen molar-refractivity contribution >= 4 is 22.8 Å². The summed E-state index contributed by atoms with van der Waals surface area (Å²) in [5.74, 6) is 0. The van der Waals surface area contributed by atoms with Crippen LogP contribution in [0.1, 0.15) is 12.5 Å². The number of benzene rings is 2. The lowest BCUT2D eigenvalue weighted by atomic mass is 10.2. The van der Waals surface area contributed by atoms with Crippen molar-refractivity contribution < 1.29 is 0 Å². The van der Waals surface area contributed by atoms with Gasteiger partial charge in [-0.3, -0.25) is 4.57 Å². The Kier molecular flexibility index (Phi) is 3.68. The van der Waals surface area contributed by atoms with Gasteiger partial charge in [0.2, 0.25) is 0 Å². The van der Waals surface area contributed by atoms with Crippen LogP contribution in [0.3, 0.4) is 0 Å². The van der Waals surface area contributed by atoms with E-state index < -0.39 is 0 Å². The molecule has 0 amide bonds. The molecule has 0 aliphatic heterocycles. The second-order valence-electron chi connectivity index (χ2n) is 4.94. The van der Waals surface area contributed by atoms with Gasteiger partial charge in [-0.05, 0) is 38.1 Å². The van der Waals surface area contributed by atoms with Gasteiger partial charge in [0, 0.05) is 5.69 Å². The van der Waals surface area contributed by atoms with Gasteiger partial charge < -0.3 is 0 Å². The Morgan fingerprint density at radius 2 is 1.86 bits per heavy atom. The molecule has 0 saturated carbocycles. The summed E-state index contributed by atoms with van der Waals surface area (Å²) in [6.07, 6.45) is 0. The largest absolute Gasteiger partial charge is 0.287 e. The SMILES string of the molecule is Cc1ccc(-n2c(S[C@@H](C)C#N)nc3ccccc32)cc1. The van der Waals surface area contributed by atoms with Crippen LogP contribution in [0.25, 0.3) is 16.7 Å². The standard InChI is InChI=1S/C17H15N3S/c1-12-7-9-14(10-8-12)20-16-6-4-3-5-15(16)19-17(20)21-13(2)11-18/h3-10,13H,1-2H3/t13-/m0/s1. The third-order valence-corrected chi connectivity index (χ3v) is 4.23. The van der Waals surface area contributed by atoms with Crippen molar-refractivity contribution in [1.82, 2.24) is 9.55 Å². The molecule has 0 aliphatic rings. The van der Waals surface area contributed by atoms with Crippen LogP contribution in [0.4, 0.5) is 0 Å². The monoisotopic (exact) mass is 293 g/mol. The number of hydrogen-bond acceptors (Lipinski definition) is 3. The fourth-order valence-electron chi connectivity index (χ4n) is 2.21. The van der Waals surface area contributed by atoms with Crippen LogP contribution in [0, 0.1) is 18.3 Å². The molecule has 21 heavy (non-hydrogen) atoms. The van der Waals surface area contributed by atoms with E-state index in [0.717, 1.165) is 21.9 Å². The van der Waals surface area contributed by atoms with E-state index in [9.17, 15) is 0 Å². The van der Waals surface area contributed by atoms with Gasteiger partial charge in [0.05, 0.1) is 22.4 Å². The number of thioether (sulfide) groups is 1. The molecule has 0 aliphatic carbocycles. The molecule has 0 spiro atoms. The fraction of sp³-hybridized carbons (Fsp3) is 0.176. The lowest BCUT2D eigenvalue weighted by Crippen LogP contribution is -1.99. The molecule has 3 rings (SSSR count). The van der Waals surface area contributed by atoms with Crippen molar-refractivity contribution in [3.8, 4) is 11.8 Å². The normalized spacial score (nSPS) is 12.2. The molecule has 0 fully saturated rings. The van der Waals surface area contributed by atoms with Crippen LogP contribution in [0.2, 0.25) is 0 Å².